The molecule has 0 heterocycles. The first-order chi connectivity index (χ1) is 10.5. The van der Waals surface area contributed by atoms with Gasteiger partial charge in [0.1, 0.15) is 5.75 Å². The largest absolute Gasteiger partial charge is 0.482 e. The van der Waals surface area contributed by atoms with Crippen molar-refractivity contribution < 1.29 is 9.53 Å². The number of halogens is 1. The highest BCUT2D eigenvalue weighted by atomic mass is 35.5. The number of benzene rings is 2. The van der Waals surface area contributed by atoms with Crippen LogP contribution in [-0.2, 0) is 4.79 Å². The molecule has 3 nitrogen and oxygen atoms in total. The molecule has 1 amide bonds. The molecular weight excluding hydrogens is 298 g/mol. The summed E-state index contributed by atoms with van der Waals surface area (Å²) in [5.41, 5.74) is 3.45. The van der Waals surface area contributed by atoms with Crippen molar-refractivity contribution in [2.24, 2.45) is 0 Å². The Morgan fingerprint density at radius 1 is 1.23 bits per heavy atom. The molecule has 0 saturated carbocycles. The molecule has 116 valence electrons. The molecule has 1 atom stereocenters. The average Bonchev–Trinajstić information content (AvgIpc) is 2.48. The van der Waals surface area contributed by atoms with Crippen molar-refractivity contribution in [2.75, 3.05) is 6.61 Å². The van der Waals surface area contributed by atoms with Gasteiger partial charge >= 0.3 is 0 Å². The summed E-state index contributed by atoms with van der Waals surface area (Å²) >= 11 is 5.99. The van der Waals surface area contributed by atoms with Gasteiger partial charge in [0.15, 0.2) is 6.61 Å². The Balaban J connectivity index is 1.94. The highest BCUT2D eigenvalue weighted by molar-refractivity contribution is 6.32. The monoisotopic (exact) mass is 317 g/mol. The first kappa shape index (κ1) is 16.4. The van der Waals surface area contributed by atoms with Crippen LogP contribution in [0, 0.1) is 13.8 Å². The Morgan fingerprint density at radius 2 is 1.95 bits per heavy atom. The summed E-state index contributed by atoms with van der Waals surface area (Å²) in [6.45, 7) is 5.99. The van der Waals surface area contributed by atoms with Gasteiger partial charge in [-0.25, -0.2) is 0 Å². The van der Waals surface area contributed by atoms with Gasteiger partial charge in [-0.15, -0.1) is 0 Å². The van der Waals surface area contributed by atoms with Crippen LogP contribution in [0.3, 0.4) is 0 Å². The summed E-state index contributed by atoms with van der Waals surface area (Å²) in [6, 6.07) is 13.3. The molecular formula is C18H20ClNO2. The van der Waals surface area contributed by atoms with E-state index in [1.54, 1.807) is 12.1 Å². The highest BCUT2D eigenvalue weighted by Gasteiger charge is 2.13. The van der Waals surface area contributed by atoms with Crippen LogP contribution in [-0.4, -0.2) is 12.5 Å². The number of amides is 1. The van der Waals surface area contributed by atoms with Crippen molar-refractivity contribution in [1.82, 2.24) is 5.32 Å². The highest BCUT2D eigenvalue weighted by Crippen LogP contribution is 2.23. The fourth-order valence-corrected chi connectivity index (χ4v) is 2.48. The molecule has 0 saturated heterocycles. The second-order valence-electron chi connectivity index (χ2n) is 5.37. The minimum atomic E-state index is -0.173. The molecule has 0 radical (unpaired) electrons. The van der Waals surface area contributed by atoms with Crippen LogP contribution in [0.15, 0.2) is 42.5 Å². The van der Waals surface area contributed by atoms with E-state index in [1.165, 1.54) is 5.56 Å². The lowest BCUT2D eigenvalue weighted by molar-refractivity contribution is -0.123. The average molecular weight is 318 g/mol. The number of carbonyl (C=O) groups is 1. The first-order valence-corrected chi connectivity index (χ1v) is 7.59. The molecule has 1 N–H and O–H groups in total. The van der Waals surface area contributed by atoms with Crippen molar-refractivity contribution in [2.45, 2.75) is 26.8 Å². The van der Waals surface area contributed by atoms with E-state index in [9.17, 15) is 4.79 Å². The Labute approximate surface area is 136 Å². The SMILES string of the molecule is Cc1ccc(C)c(C(C)NC(=O)COc2ccccc2Cl)c1. The van der Waals surface area contributed by atoms with Crippen LogP contribution in [0.4, 0.5) is 0 Å². The predicted octanol–water partition coefficient (Wildman–Crippen LogP) is 4.21. The van der Waals surface area contributed by atoms with Crippen LogP contribution in [0.1, 0.15) is 29.7 Å². The normalized spacial score (nSPS) is 11.8. The maximum absolute atomic E-state index is 12.0. The van der Waals surface area contributed by atoms with Crippen LogP contribution >= 0.6 is 11.6 Å². The standard InChI is InChI=1S/C18H20ClNO2/c1-12-8-9-13(2)15(10-12)14(3)20-18(21)11-22-17-7-5-4-6-16(17)19/h4-10,14H,11H2,1-3H3,(H,20,21). The Hall–Kier alpha value is -2.00. The van der Waals surface area contributed by atoms with Gasteiger partial charge < -0.3 is 10.1 Å². The molecule has 0 spiro atoms. The maximum atomic E-state index is 12.0. The molecule has 2 aromatic rings. The minimum Gasteiger partial charge on any atom is -0.482 e. The zero-order chi connectivity index (χ0) is 16.1. The number of hydrogen-bond donors (Lipinski definition) is 1. The number of ether oxygens (including phenoxy) is 1. The lowest BCUT2D eigenvalue weighted by Gasteiger charge is -2.17. The van der Waals surface area contributed by atoms with Crippen LogP contribution in [0.5, 0.6) is 5.75 Å². The molecule has 0 bridgehead atoms. The summed E-state index contributed by atoms with van der Waals surface area (Å²) < 4.78 is 5.45. The predicted molar refractivity (Wildman–Crippen MR) is 89.4 cm³/mol. The Bertz CT molecular complexity index is 670. The van der Waals surface area contributed by atoms with Crippen LogP contribution in [0.25, 0.3) is 0 Å². The van der Waals surface area contributed by atoms with E-state index < -0.39 is 0 Å². The Kier molecular flexibility index (Phi) is 5.45. The van der Waals surface area contributed by atoms with E-state index in [4.69, 9.17) is 16.3 Å². The van der Waals surface area contributed by atoms with Gasteiger partial charge in [-0.3, -0.25) is 4.79 Å². The van der Waals surface area contributed by atoms with Gasteiger partial charge in [0, 0.05) is 0 Å². The quantitative estimate of drug-likeness (QED) is 0.897. The van der Waals surface area contributed by atoms with Gasteiger partial charge in [0.05, 0.1) is 11.1 Å². The van der Waals surface area contributed by atoms with Gasteiger partial charge in [-0.1, -0.05) is 47.5 Å². The fraction of sp³-hybridized carbons (Fsp3) is 0.278. The number of hydrogen-bond acceptors (Lipinski definition) is 2. The van der Waals surface area contributed by atoms with E-state index in [0.29, 0.717) is 10.8 Å². The number of rotatable bonds is 5. The molecule has 0 aliphatic carbocycles. The number of aryl methyl sites for hydroxylation is 2. The van der Waals surface area contributed by atoms with Gasteiger partial charge in [-0.2, -0.15) is 0 Å². The molecule has 2 rings (SSSR count). The summed E-state index contributed by atoms with van der Waals surface area (Å²) in [5.74, 6) is 0.340. The van der Waals surface area contributed by atoms with Crippen LogP contribution in [0.2, 0.25) is 5.02 Å². The van der Waals surface area contributed by atoms with Crippen molar-refractivity contribution in [3.05, 3.63) is 64.2 Å². The van der Waals surface area contributed by atoms with E-state index in [2.05, 4.69) is 23.5 Å². The zero-order valence-electron chi connectivity index (χ0n) is 13.0. The summed E-state index contributed by atoms with van der Waals surface area (Å²) in [4.78, 5) is 12.0. The molecule has 0 fully saturated rings. The number of carbonyl (C=O) groups excluding carboxylic acids is 1. The van der Waals surface area contributed by atoms with E-state index in [-0.39, 0.29) is 18.6 Å². The Morgan fingerprint density at radius 3 is 2.68 bits per heavy atom. The smallest absolute Gasteiger partial charge is 0.258 e. The fourth-order valence-electron chi connectivity index (χ4n) is 2.29. The second-order valence-corrected chi connectivity index (χ2v) is 5.78. The lowest BCUT2D eigenvalue weighted by atomic mass is 10.00. The molecule has 2 aromatic carbocycles. The number of nitrogens with one attached hydrogen (secondary N) is 1. The van der Waals surface area contributed by atoms with Crippen molar-refractivity contribution in [1.29, 1.82) is 0 Å². The maximum Gasteiger partial charge on any atom is 0.258 e. The molecule has 4 heteroatoms. The molecule has 22 heavy (non-hydrogen) atoms. The van der Waals surface area contributed by atoms with Gasteiger partial charge in [0.25, 0.3) is 5.91 Å². The molecule has 0 aliphatic heterocycles. The van der Waals surface area contributed by atoms with Gasteiger partial charge in [0.2, 0.25) is 0 Å². The van der Waals surface area contributed by atoms with E-state index in [1.807, 2.05) is 32.9 Å². The lowest BCUT2D eigenvalue weighted by Crippen LogP contribution is -2.31. The summed E-state index contributed by atoms with van der Waals surface area (Å²) in [5, 5.41) is 3.44. The first-order valence-electron chi connectivity index (χ1n) is 7.21. The van der Waals surface area contributed by atoms with Crippen molar-refractivity contribution in [3.8, 4) is 5.75 Å². The zero-order valence-corrected chi connectivity index (χ0v) is 13.8. The third kappa shape index (κ3) is 4.25. The topological polar surface area (TPSA) is 38.3 Å². The van der Waals surface area contributed by atoms with Gasteiger partial charge in [-0.05, 0) is 44.0 Å². The minimum absolute atomic E-state index is 0.0566. The molecule has 0 aliphatic rings. The molecule has 0 aromatic heterocycles. The van der Waals surface area contributed by atoms with Crippen LogP contribution < -0.4 is 10.1 Å². The van der Waals surface area contributed by atoms with Crippen molar-refractivity contribution in [3.63, 3.8) is 0 Å². The van der Waals surface area contributed by atoms with E-state index >= 15 is 0 Å². The number of para-hydroxylation sites is 1. The third-order valence-corrected chi connectivity index (χ3v) is 3.79. The third-order valence-electron chi connectivity index (χ3n) is 3.47. The summed E-state index contributed by atoms with van der Waals surface area (Å²) in [7, 11) is 0. The van der Waals surface area contributed by atoms with Crippen molar-refractivity contribution >= 4 is 17.5 Å². The van der Waals surface area contributed by atoms with E-state index in [0.717, 1.165) is 11.1 Å². The second kappa shape index (κ2) is 7.32. The summed E-state index contributed by atoms with van der Waals surface area (Å²) in [6.07, 6.45) is 0. The molecule has 1 unspecified atom stereocenters.